The molecule has 2 fully saturated rings. The van der Waals surface area contributed by atoms with Crippen molar-refractivity contribution >= 4 is 29.2 Å². The Labute approximate surface area is 132 Å². The fraction of sp³-hybridized carbons (Fsp3) is 0.533. The van der Waals surface area contributed by atoms with Crippen LogP contribution in [0.4, 0.5) is 4.79 Å². The van der Waals surface area contributed by atoms with E-state index in [0.29, 0.717) is 25.9 Å². The van der Waals surface area contributed by atoms with E-state index in [1.54, 1.807) is 16.2 Å². The minimum Gasteiger partial charge on any atom is -0.338 e. The summed E-state index contributed by atoms with van der Waals surface area (Å²) in [6.45, 7) is 5.06. The number of nitrogens with one attached hydrogen (secondary N) is 2. The Hall–Kier alpha value is -1.89. The molecule has 22 heavy (non-hydrogen) atoms. The molecule has 3 heterocycles. The molecule has 3 rings (SSSR count). The van der Waals surface area contributed by atoms with Gasteiger partial charge in [-0.25, -0.2) is 4.79 Å². The van der Waals surface area contributed by atoms with Crippen molar-refractivity contribution in [1.29, 1.82) is 0 Å². The zero-order valence-corrected chi connectivity index (χ0v) is 13.5. The van der Waals surface area contributed by atoms with Gasteiger partial charge in [-0.3, -0.25) is 14.9 Å². The van der Waals surface area contributed by atoms with Gasteiger partial charge in [0, 0.05) is 18.0 Å². The molecular weight excluding hydrogens is 302 g/mol. The maximum Gasteiger partial charge on any atom is 0.322 e. The van der Waals surface area contributed by atoms with Crippen LogP contribution in [0.25, 0.3) is 0 Å². The number of carbonyl (C=O) groups excluding carboxylic acids is 3. The van der Waals surface area contributed by atoms with Gasteiger partial charge < -0.3 is 10.2 Å². The van der Waals surface area contributed by atoms with E-state index < -0.39 is 11.6 Å². The van der Waals surface area contributed by atoms with Crippen LogP contribution >= 0.6 is 11.3 Å². The van der Waals surface area contributed by atoms with Crippen LogP contribution in [0.2, 0.25) is 0 Å². The van der Waals surface area contributed by atoms with Crippen molar-refractivity contribution in [2.45, 2.75) is 38.6 Å². The second kappa shape index (κ2) is 5.39. The van der Waals surface area contributed by atoms with Crippen LogP contribution in [0.5, 0.6) is 0 Å². The summed E-state index contributed by atoms with van der Waals surface area (Å²) in [6, 6.07) is 1.51. The Kier molecular flexibility index (Phi) is 3.68. The summed E-state index contributed by atoms with van der Waals surface area (Å²) >= 11 is 1.55. The van der Waals surface area contributed by atoms with E-state index in [4.69, 9.17) is 0 Å². The number of nitrogens with zero attached hydrogens (tertiary/aromatic N) is 1. The Morgan fingerprint density at radius 1 is 1.36 bits per heavy atom. The highest BCUT2D eigenvalue weighted by Crippen LogP contribution is 2.28. The molecule has 1 spiro atoms. The number of urea groups is 1. The molecule has 4 amide bonds. The van der Waals surface area contributed by atoms with E-state index in [0.717, 1.165) is 16.9 Å². The third-order valence-corrected chi connectivity index (χ3v) is 5.84. The van der Waals surface area contributed by atoms with Crippen molar-refractivity contribution in [3.05, 3.63) is 21.4 Å². The van der Waals surface area contributed by atoms with E-state index in [2.05, 4.69) is 17.6 Å². The SMILES string of the molecule is CCc1sc(C(=O)N2CCC3(CC2)NC(=O)NC3=O)cc1C. The molecule has 0 unspecified atom stereocenters. The summed E-state index contributed by atoms with van der Waals surface area (Å²) < 4.78 is 0. The average molecular weight is 321 g/mol. The number of carbonyl (C=O) groups is 3. The number of likely N-dealkylation sites (tertiary alicyclic amines) is 1. The van der Waals surface area contributed by atoms with Crippen molar-refractivity contribution in [3.63, 3.8) is 0 Å². The lowest BCUT2D eigenvalue weighted by Crippen LogP contribution is -2.55. The first kappa shape index (κ1) is 15.0. The molecule has 2 saturated heterocycles. The van der Waals surface area contributed by atoms with Gasteiger partial charge in [0.15, 0.2) is 0 Å². The van der Waals surface area contributed by atoms with E-state index in [1.165, 1.54) is 4.88 Å². The van der Waals surface area contributed by atoms with Gasteiger partial charge in [0.05, 0.1) is 4.88 Å². The van der Waals surface area contributed by atoms with Crippen molar-refractivity contribution in [1.82, 2.24) is 15.5 Å². The minimum absolute atomic E-state index is 0.0207. The van der Waals surface area contributed by atoms with Crippen LogP contribution < -0.4 is 10.6 Å². The predicted octanol–water partition coefficient (Wildman–Crippen LogP) is 1.43. The zero-order valence-electron chi connectivity index (χ0n) is 12.7. The Morgan fingerprint density at radius 3 is 2.55 bits per heavy atom. The van der Waals surface area contributed by atoms with E-state index in [-0.39, 0.29) is 11.8 Å². The molecule has 1 aromatic rings. The summed E-state index contributed by atoms with van der Waals surface area (Å²) in [7, 11) is 0. The molecule has 6 nitrogen and oxygen atoms in total. The molecule has 0 atom stereocenters. The quantitative estimate of drug-likeness (QED) is 0.809. The normalized spacial score (nSPS) is 20.2. The molecule has 7 heteroatoms. The molecule has 0 radical (unpaired) electrons. The predicted molar refractivity (Wildman–Crippen MR) is 83.0 cm³/mol. The number of aryl methyl sites for hydroxylation is 2. The Morgan fingerprint density at radius 2 is 2.05 bits per heavy atom. The van der Waals surface area contributed by atoms with Crippen LogP contribution in [0.15, 0.2) is 6.07 Å². The number of rotatable bonds is 2. The molecule has 2 aliphatic heterocycles. The average Bonchev–Trinajstić information content (AvgIpc) is 2.99. The van der Waals surface area contributed by atoms with Gasteiger partial charge in [-0.2, -0.15) is 0 Å². The topological polar surface area (TPSA) is 78.5 Å². The minimum atomic E-state index is -0.826. The van der Waals surface area contributed by atoms with Gasteiger partial charge in [0.25, 0.3) is 11.8 Å². The van der Waals surface area contributed by atoms with Gasteiger partial charge in [-0.05, 0) is 37.8 Å². The third-order valence-electron chi connectivity index (χ3n) is 4.47. The van der Waals surface area contributed by atoms with Crippen molar-refractivity contribution in [3.8, 4) is 0 Å². The van der Waals surface area contributed by atoms with Crippen LogP contribution in [0.3, 0.4) is 0 Å². The Balaban J connectivity index is 1.69. The summed E-state index contributed by atoms with van der Waals surface area (Å²) in [5.41, 5.74) is 0.333. The molecule has 0 bridgehead atoms. The fourth-order valence-corrected chi connectivity index (χ4v) is 4.19. The van der Waals surface area contributed by atoms with E-state index in [1.807, 2.05) is 13.0 Å². The molecule has 1 aromatic heterocycles. The number of hydrogen-bond acceptors (Lipinski definition) is 4. The lowest BCUT2D eigenvalue weighted by atomic mass is 9.87. The Bertz CT molecular complexity index is 644. The molecule has 118 valence electrons. The smallest absolute Gasteiger partial charge is 0.322 e. The van der Waals surface area contributed by atoms with Crippen molar-refractivity contribution < 1.29 is 14.4 Å². The van der Waals surface area contributed by atoms with E-state index in [9.17, 15) is 14.4 Å². The summed E-state index contributed by atoms with van der Waals surface area (Å²) in [5, 5.41) is 4.99. The third kappa shape index (κ3) is 2.39. The summed E-state index contributed by atoms with van der Waals surface area (Å²) in [5.74, 6) is -0.253. The van der Waals surface area contributed by atoms with Crippen molar-refractivity contribution in [2.24, 2.45) is 0 Å². The number of piperidine rings is 1. The first-order chi connectivity index (χ1) is 10.4. The molecule has 0 aromatic carbocycles. The lowest BCUT2D eigenvalue weighted by molar-refractivity contribution is -0.125. The van der Waals surface area contributed by atoms with Crippen LogP contribution in [-0.4, -0.2) is 41.4 Å². The van der Waals surface area contributed by atoms with Gasteiger partial charge in [-0.15, -0.1) is 11.3 Å². The highest BCUT2D eigenvalue weighted by Gasteiger charge is 2.48. The highest BCUT2D eigenvalue weighted by molar-refractivity contribution is 7.14. The lowest BCUT2D eigenvalue weighted by Gasteiger charge is -2.36. The standard InChI is InChI=1S/C15H19N3O3S/c1-3-10-9(2)8-11(22-10)12(19)18-6-4-15(5-7-18)13(20)16-14(21)17-15/h8H,3-7H2,1-2H3,(H2,16,17,20,21). The van der Waals surface area contributed by atoms with Gasteiger partial charge in [-0.1, -0.05) is 6.92 Å². The van der Waals surface area contributed by atoms with Gasteiger partial charge in [0.1, 0.15) is 5.54 Å². The first-order valence-electron chi connectivity index (χ1n) is 7.47. The largest absolute Gasteiger partial charge is 0.338 e. The van der Waals surface area contributed by atoms with Gasteiger partial charge in [0.2, 0.25) is 0 Å². The maximum absolute atomic E-state index is 12.6. The first-order valence-corrected chi connectivity index (χ1v) is 8.29. The maximum atomic E-state index is 12.6. The summed E-state index contributed by atoms with van der Waals surface area (Å²) in [6.07, 6.45) is 1.85. The zero-order chi connectivity index (χ0) is 15.9. The molecule has 0 saturated carbocycles. The van der Waals surface area contributed by atoms with E-state index >= 15 is 0 Å². The van der Waals surface area contributed by atoms with Crippen molar-refractivity contribution in [2.75, 3.05) is 13.1 Å². The van der Waals surface area contributed by atoms with Crippen LogP contribution in [0.1, 0.15) is 39.9 Å². The molecular formula is C15H19N3O3S. The van der Waals surface area contributed by atoms with Gasteiger partial charge >= 0.3 is 6.03 Å². The summed E-state index contributed by atoms with van der Waals surface area (Å²) in [4.78, 5) is 39.6. The number of hydrogen-bond donors (Lipinski definition) is 2. The second-order valence-electron chi connectivity index (χ2n) is 5.85. The number of thiophene rings is 1. The fourth-order valence-electron chi connectivity index (χ4n) is 3.10. The molecule has 2 N–H and O–H groups in total. The highest BCUT2D eigenvalue weighted by atomic mass is 32.1. The number of amides is 4. The molecule has 0 aliphatic carbocycles. The van der Waals surface area contributed by atoms with Crippen LogP contribution in [0, 0.1) is 6.92 Å². The second-order valence-corrected chi connectivity index (χ2v) is 6.99. The number of imide groups is 1. The molecule has 2 aliphatic rings. The van der Waals surface area contributed by atoms with Crippen LogP contribution in [-0.2, 0) is 11.2 Å². The monoisotopic (exact) mass is 321 g/mol.